The molecule has 0 aliphatic rings. The molecule has 1 rings (SSSR count). The van der Waals surface area contributed by atoms with E-state index in [0.29, 0.717) is 26.1 Å². The number of hydrogen-bond acceptors (Lipinski definition) is 2. The van der Waals surface area contributed by atoms with Crippen molar-refractivity contribution in [3.63, 3.8) is 0 Å². The lowest BCUT2D eigenvalue weighted by Gasteiger charge is -2.19. The van der Waals surface area contributed by atoms with E-state index in [1.165, 1.54) is 12.1 Å². The highest BCUT2D eigenvalue weighted by Crippen LogP contribution is 2.05. The highest BCUT2D eigenvalue weighted by molar-refractivity contribution is 5.78. The fourth-order valence-electron chi connectivity index (χ4n) is 1.50. The Balaban J connectivity index is 2.59. The first-order valence-electron chi connectivity index (χ1n) is 5.39. The number of amides is 1. The Bertz CT molecular complexity index is 337. The number of hydrogen-bond donors (Lipinski definition) is 1. The Morgan fingerprint density at radius 3 is 2.50 bits per heavy atom. The third-order valence-corrected chi connectivity index (χ3v) is 2.40. The van der Waals surface area contributed by atoms with E-state index in [1.54, 1.807) is 17.0 Å². The van der Waals surface area contributed by atoms with Crippen LogP contribution in [0.25, 0.3) is 0 Å². The molecule has 16 heavy (non-hydrogen) atoms. The molecule has 0 fully saturated rings. The summed E-state index contributed by atoms with van der Waals surface area (Å²) >= 11 is 0. The first kappa shape index (κ1) is 12.6. The van der Waals surface area contributed by atoms with Gasteiger partial charge in [0.05, 0.1) is 6.42 Å². The first-order chi connectivity index (χ1) is 7.67. The number of nitrogens with two attached hydrogens (primary N) is 1. The molecule has 0 aliphatic heterocycles. The molecule has 0 aromatic heterocycles. The number of rotatable bonds is 5. The standard InChI is InChI=1S/C12H17FN2O/c1-2-15(8-7-14)12(16)9-10-3-5-11(13)6-4-10/h3-6H,2,7-9,14H2,1H3. The van der Waals surface area contributed by atoms with Crippen molar-refractivity contribution in [2.24, 2.45) is 5.73 Å². The molecule has 0 aliphatic carbocycles. The van der Waals surface area contributed by atoms with E-state index in [2.05, 4.69) is 0 Å². The van der Waals surface area contributed by atoms with Crippen LogP contribution in [0.2, 0.25) is 0 Å². The topological polar surface area (TPSA) is 46.3 Å². The quantitative estimate of drug-likeness (QED) is 0.816. The Hall–Kier alpha value is -1.42. The van der Waals surface area contributed by atoms with Crippen molar-refractivity contribution in [2.45, 2.75) is 13.3 Å². The number of benzene rings is 1. The smallest absolute Gasteiger partial charge is 0.227 e. The molecule has 0 saturated heterocycles. The molecule has 4 heteroatoms. The summed E-state index contributed by atoms with van der Waals surface area (Å²) in [6, 6.07) is 5.98. The summed E-state index contributed by atoms with van der Waals surface area (Å²) in [5.74, 6) is -0.259. The van der Waals surface area contributed by atoms with Crippen molar-refractivity contribution in [1.82, 2.24) is 4.90 Å². The Morgan fingerprint density at radius 1 is 1.38 bits per heavy atom. The molecule has 1 aromatic carbocycles. The van der Waals surface area contributed by atoms with E-state index in [0.717, 1.165) is 5.56 Å². The molecule has 0 spiro atoms. The van der Waals surface area contributed by atoms with Gasteiger partial charge in [-0.3, -0.25) is 4.79 Å². The van der Waals surface area contributed by atoms with E-state index < -0.39 is 0 Å². The minimum atomic E-state index is -0.287. The second kappa shape index (κ2) is 6.23. The minimum absolute atomic E-state index is 0.0274. The van der Waals surface area contributed by atoms with Gasteiger partial charge in [0.15, 0.2) is 0 Å². The van der Waals surface area contributed by atoms with Gasteiger partial charge in [-0.05, 0) is 24.6 Å². The van der Waals surface area contributed by atoms with Gasteiger partial charge in [-0.15, -0.1) is 0 Å². The van der Waals surface area contributed by atoms with Crippen molar-refractivity contribution >= 4 is 5.91 Å². The Labute approximate surface area is 95.0 Å². The molecule has 0 bridgehead atoms. The van der Waals surface area contributed by atoms with Gasteiger partial charge in [0.25, 0.3) is 0 Å². The lowest BCUT2D eigenvalue weighted by molar-refractivity contribution is -0.130. The highest BCUT2D eigenvalue weighted by Gasteiger charge is 2.10. The molecular weight excluding hydrogens is 207 g/mol. The lowest BCUT2D eigenvalue weighted by atomic mass is 10.1. The van der Waals surface area contributed by atoms with Crippen LogP contribution in [-0.4, -0.2) is 30.4 Å². The van der Waals surface area contributed by atoms with E-state index >= 15 is 0 Å². The average molecular weight is 224 g/mol. The van der Waals surface area contributed by atoms with Gasteiger partial charge in [0.1, 0.15) is 5.82 Å². The van der Waals surface area contributed by atoms with Gasteiger partial charge in [-0.1, -0.05) is 12.1 Å². The second-order valence-electron chi connectivity index (χ2n) is 3.57. The van der Waals surface area contributed by atoms with Gasteiger partial charge in [-0.2, -0.15) is 0 Å². The molecule has 1 amide bonds. The van der Waals surface area contributed by atoms with Crippen LogP contribution in [0.4, 0.5) is 4.39 Å². The average Bonchev–Trinajstić information content (AvgIpc) is 2.29. The van der Waals surface area contributed by atoms with Crippen LogP contribution >= 0.6 is 0 Å². The van der Waals surface area contributed by atoms with Crippen molar-refractivity contribution in [3.05, 3.63) is 35.6 Å². The summed E-state index contributed by atoms with van der Waals surface area (Å²) in [4.78, 5) is 13.5. The zero-order chi connectivity index (χ0) is 12.0. The zero-order valence-electron chi connectivity index (χ0n) is 9.45. The van der Waals surface area contributed by atoms with Gasteiger partial charge < -0.3 is 10.6 Å². The molecule has 0 radical (unpaired) electrons. The number of halogens is 1. The first-order valence-corrected chi connectivity index (χ1v) is 5.39. The molecular formula is C12H17FN2O. The summed E-state index contributed by atoms with van der Waals surface area (Å²) in [6.07, 6.45) is 0.300. The second-order valence-corrected chi connectivity index (χ2v) is 3.57. The molecule has 0 unspecified atom stereocenters. The fourth-order valence-corrected chi connectivity index (χ4v) is 1.50. The van der Waals surface area contributed by atoms with Crippen LogP contribution in [0, 0.1) is 5.82 Å². The fraction of sp³-hybridized carbons (Fsp3) is 0.417. The summed E-state index contributed by atoms with van der Waals surface area (Å²) in [7, 11) is 0. The van der Waals surface area contributed by atoms with Crippen LogP contribution in [0.3, 0.4) is 0 Å². The van der Waals surface area contributed by atoms with Gasteiger partial charge >= 0.3 is 0 Å². The predicted octanol–water partition coefficient (Wildman–Crippen LogP) is 1.18. The summed E-state index contributed by atoms with van der Waals surface area (Å²) < 4.78 is 12.7. The maximum Gasteiger partial charge on any atom is 0.227 e. The highest BCUT2D eigenvalue weighted by atomic mass is 19.1. The number of likely N-dealkylation sites (N-methyl/N-ethyl adjacent to an activating group) is 1. The molecule has 0 heterocycles. The molecule has 3 nitrogen and oxygen atoms in total. The van der Waals surface area contributed by atoms with Crippen molar-refractivity contribution < 1.29 is 9.18 Å². The van der Waals surface area contributed by atoms with E-state index in [-0.39, 0.29) is 11.7 Å². The normalized spacial score (nSPS) is 10.2. The summed E-state index contributed by atoms with van der Waals surface area (Å²) in [6.45, 7) is 3.59. The van der Waals surface area contributed by atoms with Crippen LogP contribution in [0.15, 0.2) is 24.3 Å². The van der Waals surface area contributed by atoms with Crippen molar-refractivity contribution in [3.8, 4) is 0 Å². The van der Waals surface area contributed by atoms with Crippen LogP contribution in [0.5, 0.6) is 0 Å². The maximum absolute atomic E-state index is 12.7. The number of nitrogens with zero attached hydrogens (tertiary/aromatic N) is 1. The van der Waals surface area contributed by atoms with Gasteiger partial charge in [-0.25, -0.2) is 4.39 Å². The van der Waals surface area contributed by atoms with Crippen molar-refractivity contribution in [2.75, 3.05) is 19.6 Å². The van der Waals surface area contributed by atoms with E-state index in [1.807, 2.05) is 6.92 Å². The Kier molecular flexibility index (Phi) is 4.92. The number of carbonyl (C=O) groups excluding carboxylic acids is 1. The lowest BCUT2D eigenvalue weighted by Crippen LogP contribution is -2.36. The van der Waals surface area contributed by atoms with Crippen LogP contribution in [0.1, 0.15) is 12.5 Å². The summed E-state index contributed by atoms with van der Waals surface area (Å²) in [5, 5.41) is 0. The van der Waals surface area contributed by atoms with Crippen LogP contribution in [-0.2, 0) is 11.2 Å². The Morgan fingerprint density at radius 2 is 2.00 bits per heavy atom. The minimum Gasteiger partial charge on any atom is -0.341 e. The van der Waals surface area contributed by atoms with Gasteiger partial charge in [0, 0.05) is 19.6 Å². The summed E-state index contributed by atoms with van der Waals surface area (Å²) in [5.41, 5.74) is 6.23. The SMILES string of the molecule is CCN(CCN)C(=O)Cc1ccc(F)cc1. The molecule has 88 valence electrons. The molecule has 2 N–H and O–H groups in total. The largest absolute Gasteiger partial charge is 0.341 e. The monoisotopic (exact) mass is 224 g/mol. The van der Waals surface area contributed by atoms with Crippen LogP contribution < -0.4 is 5.73 Å². The van der Waals surface area contributed by atoms with E-state index in [4.69, 9.17) is 5.73 Å². The van der Waals surface area contributed by atoms with Crippen molar-refractivity contribution in [1.29, 1.82) is 0 Å². The molecule has 1 aromatic rings. The molecule has 0 saturated carbocycles. The van der Waals surface area contributed by atoms with Gasteiger partial charge in [0.2, 0.25) is 5.91 Å². The van der Waals surface area contributed by atoms with E-state index in [9.17, 15) is 9.18 Å². The zero-order valence-corrected chi connectivity index (χ0v) is 9.45. The maximum atomic E-state index is 12.7. The third-order valence-electron chi connectivity index (χ3n) is 2.40. The third kappa shape index (κ3) is 3.62. The predicted molar refractivity (Wildman–Crippen MR) is 61.4 cm³/mol. The molecule has 0 atom stereocenters. The number of carbonyl (C=O) groups is 1.